The minimum absolute atomic E-state index is 0.0203. The molecule has 2 rings (SSSR count). The summed E-state index contributed by atoms with van der Waals surface area (Å²) in [5.41, 5.74) is 6.93. The van der Waals surface area contributed by atoms with Crippen LogP contribution < -0.4 is 16.0 Å². The predicted octanol–water partition coefficient (Wildman–Crippen LogP) is 1.64. The van der Waals surface area contributed by atoms with E-state index in [1.165, 1.54) is 6.92 Å². The highest BCUT2D eigenvalue weighted by Crippen LogP contribution is 2.24. The van der Waals surface area contributed by atoms with E-state index in [2.05, 4.69) is 10.2 Å². The molecule has 20 heavy (non-hydrogen) atoms. The zero-order valence-corrected chi connectivity index (χ0v) is 11.9. The van der Waals surface area contributed by atoms with Crippen molar-refractivity contribution in [1.82, 2.24) is 5.32 Å². The van der Waals surface area contributed by atoms with Gasteiger partial charge in [-0.05, 0) is 30.9 Å². The van der Waals surface area contributed by atoms with Gasteiger partial charge in [0.1, 0.15) is 5.82 Å². The van der Waals surface area contributed by atoms with Gasteiger partial charge in [-0.1, -0.05) is 6.07 Å². The lowest BCUT2D eigenvalue weighted by Crippen LogP contribution is -2.38. The third kappa shape index (κ3) is 3.70. The summed E-state index contributed by atoms with van der Waals surface area (Å²) in [5, 5.41) is 2.86. The number of halogens is 1. The van der Waals surface area contributed by atoms with Crippen molar-refractivity contribution in [2.45, 2.75) is 26.3 Å². The zero-order valence-electron chi connectivity index (χ0n) is 11.9. The first-order valence-corrected chi connectivity index (χ1v) is 7.08. The van der Waals surface area contributed by atoms with Crippen LogP contribution in [-0.2, 0) is 11.3 Å². The van der Waals surface area contributed by atoms with Crippen LogP contribution in [0.5, 0.6) is 0 Å². The fourth-order valence-electron chi connectivity index (χ4n) is 2.58. The maximum absolute atomic E-state index is 13.7. The van der Waals surface area contributed by atoms with E-state index in [0.717, 1.165) is 38.2 Å². The number of rotatable bonds is 4. The predicted molar refractivity (Wildman–Crippen MR) is 77.9 cm³/mol. The van der Waals surface area contributed by atoms with Crippen molar-refractivity contribution in [3.05, 3.63) is 29.6 Å². The van der Waals surface area contributed by atoms with Crippen LogP contribution in [-0.4, -0.2) is 25.5 Å². The summed E-state index contributed by atoms with van der Waals surface area (Å²) in [5.74, 6) is 0.306. The number of nitrogens with two attached hydrogens (primary N) is 1. The van der Waals surface area contributed by atoms with Crippen molar-refractivity contribution in [3.63, 3.8) is 0 Å². The molecule has 1 fully saturated rings. The molecule has 0 aromatic heterocycles. The maximum Gasteiger partial charge on any atom is 0.216 e. The Kier molecular flexibility index (Phi) is 4.95. The highest BCUT2D eigenvalue weighted by atomic mass is 19.1. The first-order valence-electron chi connectivity index (χ1n) is 7.08. The molecule has 1 saturated heterocycles. The molecule has 110 valence electrons. The molecule has 0 radical (unpaired) electrons. The van der Waals surface area contributed by atoms with E-state index in [0.29, 0.717) is 11.5 Å². The molecule has 4 nitrogen and oxygen atoms in total. The number of hydrogen-bond acceptors (Lipinski definition) is 3. The van der Waals surface area contributed by atoms with E-state index in [-0.39, 0.29) is 18.3 Å². The second-order valence-corrected chi connectivity index (χ2v) is 5.35. The Morgan fingerprint density at radius 2 is 2.15 bits per heavy atom. The lowest BCUT2D eigenvalue weighted by Gasteiger charge is -2.33. The lowest BCUT2D eigenvalue weighted by molar-refractivity contribution is -0.119. The highest BCUT2D eigenvalue weighted by molar-refractivity contribution is 5.72. The SMILES string of the molecule is CC(=O)NCC1CCN(c2ccc(CN)c(F)c2)CC1. The number of amides is 1. The Labute approximate surface area is 119 Å². The summed E-state index contributed by atoms with van der Waals surface area (Å²) < 4.78 is 13.7. The lowest BCUT2D eigenvalue weighted by atomic mass is 9.96. The Bertz CT molecular complexity index is 470. The highest BCUT2D eigenvalue weighted by Gasteiger charge is 2.20. The van der Waals surface area contributed by atoms with Gasteiger partial charge in [-0.3, -0.25) is 4.79 Å². The van der Waals surface area contributed by atoms with Crippen molar-refractivity contribution < 1.29 is 9.18 Å². The third-order valence-electron chi connectivity index (χ3n) is 3.88. The fourth-order valence-corrected chi connectivity index (χ4v) is 2.58. The van der Waals surface area contributed by atoms with Gasteiger partial charge in [-0.2, -0.15) is 0 Å². The molecule has 1 aromatic rings. The number of piperidine rings is 1. The maximum atomic E-state index is 13.7. The van der Waals surface area contributed by atoms with Gasteiger partial charge < -0.3 is 16.0 Å². The molecule has 3 N–H and O–H groups in total. The molecule has 1 aliphatic heterocycles. The molecule has 0 atom stereocenters. The average Bonchev–Trinajstić information content (AvgIpc) is 2.45. The number of nitrogens with zero attached hydrogens (tertiary/aromatic N) is 1. The van der Waals surface area contributed by atoms with Crippen LogP contribution in [0.3, 0.4) is 0 Å². The summed E-state index contributed by atoms with van der Waals surface area (Å²) in [7, 11) is 0. The smallest absolute Gasteiger partial charge is 0.216 e. The van der Waals surface area contributed by atoms with Gasteiger partial charge in [0.15, 0.2) is 0 Å². The molecule has 0 bridgehead atoms. The van der Waals surface area contributed by atoms with Crippen LogP contribution in [0.15, 0.2) is 18.2 Å². The van der Waals surface area contributed by atoms with Crippen LogP contribution in [0.4, 0.5) is 10.1 Å². The van der Waals surface area contributed by atoms with Gasteiger partial charge >= 0.3 is 0 Å². The largest absolute Gasteiger partial charge is 0.371 e. The number of carbonyl (C=O) groups excluding carboxylic acids is 1. The molecule has 1 amide bonds. The van der Waals surface area contributed by atoms with Crippen molar-refractivity contribution >= 4 is 11.6 Å². The van der Waals surface area contributed by atoms with Gasteiger partial charge in [-0.25, -0.2) is 4.39 Å². The fraction of sp³-hybridized carbons (Fsp3) is 0.533. The van der Waals surface area contributed by atoms with Crippen molar-refractivity contribution in [3.8, 4) is 0 Å². The molecule has 1 heterocycles. The molecular formula is C15H22FN3O. The van der Waals surface area contributed by atoms with Crippen LogP contribution in [0.2, 0.25) is 0 Å². The summed E-state index contributed by atoms with van der Waals surface area (Å²) in [4.78, 5) is 13.1. The van der Waals surface area contributed by atoms with E-state index in [9.17, 15) is 9.18 Å². The minimum atomic E-state index is -0.231. The van der Waals surface area contributed by atoms with Crippen molar-refractivity contribution in [2.24, 2.45) is 11.7 Å². The third-order valence-corrected chi connectivity index (χ3v) is 3.88. The number of benzene rings is 1. The van der Waals surface area contributed by atoms with Crippen molar-refractivity contribution in [2.75, 3.05) is 24.5 Å². The van der Waals surface area contributed by atoms with Crippen molar-refractivity contribution in [1.29, 1.82) is 0 Å². The topological polar surface area (TPSA) is 58.4 Å². The van der Waals surface area contributed by atoms with Crippen LogP contribution in [0.25, 0.3) is 0 Å². The van der Waals surface area contributed by atoms with Gasteiger partial charge in [0, 0.05) is 44.4 Å². The second-order valence-electron chi connectivity index (χ2n) is 5.35. The molecule has 0 unspecified atom stereocenters. The van der Waals surface area contributed by atoms with Crippen LogP contribution >= 0.6 is 0 Å². The number of carbonyl (C=O) groups is 1. The molecule has 1 aromatic carbocycles. The average molecular weight is 279 g/mol. The van der Waals surface area contributed by atoms with E-state index in [1.54, 1.807) is 12.1 Å². The molecule has 1 aliphatic rings. The van der Waals surface area contributed by atoms with Gasteiger partial charge in [0.2, 0.25) is 5.91 Å². The minimum Gasteiger partial charge on any atom is -0.371 e. The number of nitrogens with one attached hydrogen (secondary N) is 1. The number of anilines is 1. The normalized spacial score (nSPS) is 16.2. The van der Waals surface area contributed by atoms with E-state index in [4.69, 9.17) is 5.73 Å². The molecule has 0 aliphatic carbocycles. The van der Waals surface area contributed by atoms with Gasteiger partial charge in [-0.15, -0.1) is 0 Å². The Hall–Kier alpha value is -1.62. The summed E-state index contributed by atoms with van der Waals surface area (Å²) in [6.45, 7) is 4.29. The van der Waals surface area contributed by atoms with Gasteiger partial charge in [0.25, 0.3) is 0 Å². The molecular weight excluding hydrogens is 257 g/mol. The molecule has 0 saturated carbocycles. The first-order chi connectivity index (χ1) is 9.60. The van der Waals surface area contributed by atoms with E-state index < -0.39 is 0 Å². The Morgan fingerprint density at radius 1 is 1.45 bits per heavy atom. The Balaban J connectivity index is 1.90. The second kappa shape index (κ2) is 6.70. The number of hydrogen-bond donors (Lipinski definition) is 2. The van der Waals surface area contributed by atoms with Gasteiger partial charge in [0.05, 0.1) is 0 Å². The quantitative estimate of drug-likeness (QED) is 0.881. The Morgan fingerprint density at radius 3 is 2.70 bits per heavy atom. The summed E-state index contributed by atoms with van der Waals surface area (Å²) in [6.07, 6.45) is 2.03. The van der Waals surface area contributed by atoms with Crippen LogP contribution in [0.1, 0.15) is 25.3 Å². The standard InChI is InChI=1S/C15H22FN3O/c1-11(20)18-10-12-4-6-19(7-5-12)14-3-2-13(9-17)15(16)8-14/h2-3,8,12H,4-7,9-10,17H2,1H3,(H,18,20). The van der Waals surface area contributed by atoms with E-state index >= 15 is 0 Å². The first kappa shape index (κ1) is 14.8. The van der Waals surface area contributed by atoms with Crippen LogP contribution in [0, 0.1) is 11.7 Å². The monoisotopic (exact) mass is 279 g/mol. The van der Waals surface area contributed by atoms with E-state index in [1.807, 2.05) is 6.07 Å². The molecule has 0 spiro atoms. The molecule has 5 heteroatoms. The summed E-state index contributed by atoms with van der Waals surface area (Å²) >= 11 is 0. The zero-order chi connectivity index (χ0) is 14.5. The summed E-state index contributed by atoms with van der Waals surface area (Å²) in [6, 6.07) is 5.25.